The zero-order chi connectivity index (χ0) is 25.4. The van der Waals surface area contributed by atoms with E-state index in [0.717, 1.165) is 24.8 Å². The second kappa shape index (κ2) is 17.1. The Morgan fingerprint density at radius 1 is 0.882 bits per heavy atom. The summed E-state index contributed by atoms with van der Waals surface area (Å²) >= 11 is 0. The maximum absolute atomic E-state index is 12.6. The predicted molar refractivity (Wildman–Crippen MR) is 138 cm³/mol. The highest BCUT2D eigenvalue weighted by atomic mass is 32.2. The maximum atomic E-state index is 12.6. The van der Waals surface area contributed by atoms with Gasteiger partial charge in [0.05, 0.1) is 11.5 Å². The lowest BCUT2D eigenvalue weighted by Gasteiger charge is -2.24. The quantitative estimate of drug-likeness (QED) is 0.0944. The SMILES string of the molecule is CCCCCCC(CCCC)COC(=O)CCCCC(OS(=O)(=O)c1ccc(C)cc1)N(C)C. The van der Waals surface area contributed by atoms with E-state index in [-0.39, 0.29) is 10.9 Å². The Morgan fingerprint density at radius 3 is 2.12 bits per heavy atom. The number of esters is 1. The van der Waals surface area contributed by atoms with Gasteiger partial charge in [0.25, 0.3) is 10.1 Å². The van der Waals surface area contributed by atoms with E-state index in [2.05, 4.69) is 13.8 Å². The fraction of sp³-hybridized carbons (Fsp3) is 0.741. The van der Waals surface area contributed by atoms with E-state index < -0.39 is 16.3 Å². The molecule has 34 heavy (non-hydrogen) atoms. The number of carbonyl (C=O) groups excluding carboxylic acids is 1. The molecule has 0 aromatic heterocycles. The van der Waals surface area contributed by atoms with E-state index >= 15 is 0 Å². The Morgan fingerprint density at radius 2 is 1.50 bits per heavy atom. The number of hydrogen-bond acceptors (Lipinski definition) is 6. The molecule has 0 aliphatic rings. The van der Waals surface area contributed by atoms with E-state index in [0.29, 0.717) is 38.2 Å². The summed E-state index contributed by atoms with van der Waals surface area (Å²) in [4.78, 5) is 14.2. The van der Waals surface area contributed by atoms with Crippen molar-refractivity contribution >= 4 is 16.1 Å². The minimum Gasteiger partial charge on any atom is -0.465 e. The number of rotatable bonds is 19. The van der Waals surface area contributed by atoms with Gasteiger partial charge >= 0.3 is 5.97 Å². The first-order valence-electron chi connectivity index (χ1n) is 13.0. The van der Waals surface area contributed by atoms with Crippen LogP contribution in [0.1, 0.15) is 96.5 Å². The summed E-state index contributed by atoms with van der Waals surface area (Å²) in [6.45, 7) is 6.83. The van der Waals surface area contributed by atoms with Crippen molar-refractivity contribution in [2.75, 3.05) is 20.7 Å². The molecule has 7 heteroatoms. The summed E-state index contributed by atoms with van der Waals surface area (Å²) in [5, 5.41) is 0. The molecule has 0 saturated carbocycles. The first-order valence-corrected chi connectivity index (χ1v) is 14.4. The monoisotopic (exact) mass is 497 g/mol. The molecule has 1 aromatic rings. The van der Waals surface area contributed by atoms with E-state index in [1.165, 1.54) is 32.1 Å². The second-order valence-corrected chi connectivity index (χ2v) is 11.1. The van der Waals surface area contributed by atoms with Crippen molar-refractivity contribution in [2.24, 2.45) is 5.92 Å². The minimum absolute atomic E-state index is 0.154. The third-order valence-electron chi connectivity index (χ3n) is 6.12. The molecular weight excluding hydrogens is 450 g/mol. The fourth-order valence-electron chi connectivity index (χ4n) is 3.83. The lowest BCUT2D eigenvalue weighted by atomic mass is 9.96. The third-order valence-corrected chi connectivity index (χ3v) is 7.44. The number of carbonyl (C=O) groups is 1. The minimum atomic E-state index is -3.85. The molecule has 0 amide bonds. The van der Waals surface area contributed by atoms with Crippen LogP contribution >= 0.6 is 0 Å². The Hall–Kier alpha value is -1.44. The Balaban J connectivity index is 2.41. The van der Waals surface area contributed by atoms with Gasteiger partial charge < -0.3 is 4.74 Å². The lowest BCUT2D eigenvalue weighted by Crippen LogP contribution is -2.33. The topological polar surface area (TPSA) is 72.9 Å². The summed E-state index contributed by atoms with van der Waals surface area (Å²) in [5.74, 6) is 0.295. The van der Waals surface area contributed by atoms with Crippen molar-refractivity contribution in [1.29, 1.82) is 0 Å². The van der Waals surface area contributed by atoms with Gasteiger partial charge in [0, 0.05) is 6.42 Å². The molecule has 1 aromatic carbocycles. The largest absolute Gasteiger partial charge is 0.465 e. The predicted octanol–water partition coefficient (Wildman–Crippen LogP) is 6.47. The average molecular weight is 498 g/mol. The van der Waals surface area contributed by atoms with Gasteiger partial charge in [-0.2, -0.15) is 8.42 Å². The summed E-state index contributed by atoms with van der Waals surface area (Å²) in [7, 11) is -0.261. The van der Waals surface area contributed by atoms with Crippen molar-refractivity contribution in [3.05, 3.63) is 29.8 Å². The van der Waals surface area contributed by atoms with Gasteiger partial charge in [-0.05, 0) is 71.2 Å². The molecule has 0 saturated heterocycles. The van der Waals surface area contributed by atoms with Crippen LogP contribution < -0.4 is 0 Å². The van der Waals surface area contributed by atoms with Gasteiger partial charge in [0.2, 0.25) is 0 Å². The standard InChI is InChI=1S/C27H47NO5S/c1-6-8-10-11-15-24(14-9-7-2)22-32-27(29)17-13-12-16-26(28(4)5)33-34(30,31)25-20-18-23(3)19-21-25/h18-21,24,26H,6-17,22H2,1-5H3. The molecular formula is C27H47NO5S. The molecule has 0 aliphatic carbocycles. The van der Waals surface area contributed by atoms with Gasteiger partial charge in [-0.15, -0.1) is 0 Å². The van der Waals surface area contributed by atoms with Gasteiger partial charge in [-0.1, -0.05) is 70.1 Å². The number of ether oxygens (including phenoxy) is 1. The molecule has 0 aliphatic heterocycles. The normalized spacial score (nSPS) is 13.7. The summed E-state index contributed by atoms with van der Waals surface area (Å²) in [6, 6.07) is 6.63. The van der Waals surface area contributed by atoms with Gasteiger partial charge in [0.15, 0.2) is 0 Å². The van der Waals surface area contributed by atoms with E-state index in [9.17, 15) is 13.2 Å². The first-order chi connectivity index (χ1) is 16.2. The number of benzene rings is 1. The van der Waals surface area contributed by atoms with Crippen LogP contribution in [0.25, 0.3) is 0 Å². The van der Waals surface area contributed by atoms with Gasteiger partial charge in [0.1, 0.15) is 6.23 Å². The molecule has 2 unspecified atom stereocenters. The Labute approximate surface area is 208 Å². The highest BCUT2D eigenvalue weighted by Gasteiger charge is 2.23. The number of hydrogen-bond donors (Lipinski definition) is 0. The van der Waals surface area contributed by atoms with Crippen LogP contribution in [0.4, 0.5) is 0 Å². The van der Waals surface area contributed by atoms with Crippen LogP contribution in [0.15, 0.2) is 29.2 Å². The highest BCUT2D eigenvalue weighted by Crippen LogP contribution is 2.20. The molecule has 0 bridgehead atoms. The summed E-state index contributed by atoms with van der Waals surface area (Å²) < 4.78 is 36.3. The lowest BCUT2D eigenvalue weighted by molar-refractivity contribution is -0.145. The average Bonchev–Trinajstić information content (AvgIpc) is 2.80. The number of unbranched alkanes of at least 4 members (excludes halogenated alkanes) is 5. The van der Waals surface area contributed by atoms with Crippen LogP contribution in [-0.4, -0.2) is 46.2 Å². The van der Waals surface area contributed by atoms with E-state index in [1.54, 1.807) is 43.3 Å². The molecule has 0 spiro atoms. The zero-order valence-corrected chi connectivity index (χ0v) is 22.9. The molecule has 1 rings (SSSR count). The van der Waals surface area contributed by atoms with Gasteiger partial charge in [-0.25, -0.2) is 4.18 Å². The Kier molecular flexibility index (Phi) is 15.4. The summed E-state index contributed by atoms with van der Waals surface area (Å²) in [6.07, 6.45) is 11.1. The van der Waals surface area contributed by atoms with Crippen molar-refractivity contribution in [1.82, 2.24) is 4.90 Å². The van der Waals surface area contributed by atoms with Crippen molar-refractivity contribution < 1.29 is 22.1 Å². The number of aryl methyl sites for hydroxylation is 1. The zero-order valence-electron chi connectivity index (χ0n) is 22.1. The van der Waals surface area contributed by atoms with Crippen LogP contribution in [0, 0.1) is 12.8 Å². The highest BCUT2D eigenvalue weighted by molar-refractivity contribution is 7.86. The second-order valence-electron chi connectivity index (χ2n) is 9.57. The molecule has 2 atom stereocenters. The molecule has 0 fully saturated rings. The van der Waals surface area contributed by atoms with Crippen LogP contribution in [0.3, 0.4) is 0 Å². The van der Waals surface area contributed by atoms with Crippen LogP contribution in [0.5, 0.6) is 0 Å². The van der Waals surface area contributed by atoms with E-state index in [4.69, 9.17) is 8.92 Å². The fourth-order valence-corrected chi connectivity index (χ4v) is 4.98. The van der Waals surface area contributed by atoms with Crippen molar-refractivity contribution in [3.63, 3.8) is 0 Å². The van der Waals surface area contributed by atoms with Gasteiger partial charge in [-0.3, -0.25) is 9.69 Å². The smallest absolute Gasteiger partial charge is 0.305 e. The third kappa shape index (κ3) is 12.9. The molecule has 196 valence electrons. The van der Waals surface area contributed by atoms with Crippen LogP contribution in [0.2, 0.25) is 0 Å². The van der Waals surface area contributed by atoms with Crippen molar-refractivity contribution in [3.8, 4) is 0 Å². The van der Waals surface area contributed by atoms with Crippen molar-refractivity contribution in [2.45, 2.75) is 109 Å². The van der Waals surface area contributed by atoms with Crippen LogP contribution in [-0.2, 0) is 23.8 Å². The Bertz CT molecular complexity index is 777. The molecule has 0 N–H and O–H groups in total. The summed E-state index contributed by atoms with van der Waals surface area (Å²) in [5.41, 5.74) is 0.989. The molecule has 6 nitrogen and oxygen atoms in total. The first kappa shape index (κ1) is 30.6. The van der Waals surface area contributed by atoms with E-state index in [1.807, 2.05) is 6.92 Å². The number of nitrogens with zero attached hydrogens (tertiary/aromatic N) is 1. The molecule has 0 radical (unpaired) electrons. The maximum Gasteiger partial charge on any atom is 0.305 e. The molecule has 0 heterocycles.